The molecule has 0 aliphatic carbocycles. The van der Waals surface area contributed by atoms with Crippen LogP contribution in [0, 0.1) is 6.92 Å². The quantitative estimate of drug-likeness (QED) is 0.424. The molecule has 3 aromatic carbocycles. The predicted molar refractivity (Wildman–Crippen MR) is 140 cm³/mol. The van der Waals surface area contributed by atoms with Crippen LogP contribution in [-0.4, -0.2) is 46.5 Å². The molecular weight excluding hydrogens is 434 g/mol. The van der Waals surface area contributed by atoms with Crippen LogP contribution in [0.25, 0.3) is 27.9 Å². The number of rotatable bonds is 7. The number of aromatic nitrogens is 2. The Morgan fingerprint density at radius 3 is 2.60 bits per heavy atom. The molecule has 1 amide bonds. The second kappa shape index (κ2) is 9.86. The molecule has 1 aliphatic heterocycles. The van der Waals surface area contributed by atoms with Crippen molar-refractivity contribution in [3.05, 3.63) is 96.1 Å². The Kier molecular flexibility index (Phi) is 6.49. The van der Waals surface area contributed by atoms with Gasteiger partial charge in [-0.3, -0.25) is 9.69 Å². The van der Waals surface area contributed by atoms with Gasteiger partial charge in [-0.1, -0.05) is 42.5 Å². The van der Waals surface area contributed by atoms with Crippen molar-refractivity contribution in [2.24, 2.45) is 5.73 Å². The third-order valence-corrected chi connectivity index (χ3v) is 6.78. The Labute approximate surface area is 206 Å². The number of nitrogens with zero attached hydrogens (tertiary/aromatic N) is 3. The fourth-order valence-corrected chi connectivity index (χ4v) is 5.02. The van der Waals surface area contributed by atoms with Crippen LogP contribution in [0.15, 0.2) is 79.3 Å². The van der Waals surface area contributed by atoms with Crippen molar-refractivity contribution in [3.63, 3.8) is 0 Å². The van der Waals surface area contributed by atoms with Crippen LogP contribution in [0.1, 0.15) is 28.0 Å². The van der Waals surface area contributed by atoms with Gasteiger partial charge >= 0.3 is 0 Å². The van der Waals surface area contributed by atoms with Crippen molar-refractivity contribution >= 4 is 5.91 Å². The number of carbonyl (C=O) groups is 1. The summed E-state index contributed by atoms with van der Waals surface area (Å²) in [5.74, 6) is -0.431. The molecule has 0 bridgehead atoms. The molecule has 5 rings (SSSR count). The second-order valence-corrected chi connectivity index (χ2v) is 9.28. The number of likely N-dealkylation sites (N-methyl/N-ethyl adjacent to an activating group) is 1. The highest BCUT2D eigenvalue weighted by Gasteiger charge is 2.22. The Morgan fingerprint density at radius 1 is 1.09 bits per heavy atom. The molecule has 0 radical (unpaired) electrons. The summed E-state index contributed by atoms with van der Waals surface area (Å²) in [5.41, 5.74) is 13.4. The van der Waals surface area contributed by atoms with Gasteiger partial charge < -0.3 is 15.6 Å². The van der Waals surface area contributed by atoms with E-state index in [-0.39, 0.29) is 0 Å². The first-order chi connectivity index (χ1) is 17.0. The lowest BCUT2D eigenvalue weighted by Crippen LogP contribution is -2.29. The lowest BCUT2D eigenvalue weighted by Gasteiger charge is -2.20. The number of benzene rings is 3. The van der Waals surface area contributed by atoms with Gasteiger partial charge in [-0.15, -0.1) is 0 Å². The minimum absolute atomic E-state index is 0.431. The molecule has 1 fully saturated rings. The number of primary amides is 1. The molecular formula is C29H31N5O. The molecule has 35 heavy (non-hydrogen) atoms. The zero-order valence-corrected chi connectivity index (χ0v) is 20.2. The molecule has 0 spiro atoms. The highest BCUT2D eigenvalue weighted by molar-refractivity contribution is 6.04. The molecule has 3 N–H and O–H groups in total. The standard InChI is InChI=1S/C29H31N5O/c1-20-16-34(19-32-20)25-14-21(17-33-12-11-24(18-33)31-2)13-23(15-25)28-26(22-7-4-3-5-8-22)9-6-10-27(28)29(30)35/h3-10,13-16,19,24,31H,11-12,17-18H2,1-2H3,(H2,30,35). The number of carbonyl (C=O) groups excluding carboxylic acids is 1. The first-order valence-corrected chi connectivity index (χ1v) is 12.0. The molecule has 6 heteroatoms. The SMILES string of the molecule is CNC1CCN(Cc2cc(-c3c(C(N)=O)cccc3-c3ccccc3)cc(-n3cnc(C)c3)c2)C1. The summed E-state index contributed by atoms with van der Waals surface area (Å²) in [5, 5.41) is 3.40. The topological polar surface area (TPSA) is 76.2 Å². The molecule has 1 atom stereocenters. The summed E-state index contributed by atoms with van der Waals surface area (Å²) in [7, 11) is 2.03. The first-order valence-electron chi connectivity index (χ1n) is 12.0. The highest BCUT2D eigenvalue weighted by atomic mass is 16.1. The maximum Gasteiger partial charge on any atom is 0.249 e. The zero-order chi connectivity index (χ0) is 24.4. The van der Waals surface area contributed by atoms with Gasteiger partial charge in [-0.25, -0.2) is 4.98 Å². The van der Waals surface area contributed by atoms with Crippen molar-refractivity contribution in [2.45, 2.75) is 25.9 Å². The molecule has 6 nitrogen and oxygen atoms in total. The van der Waals surface area contributed by atoms with E-state index < -0.39 is 5.91 Å². The Hall–Kier alpha value is -3.74. The number of nitrogens with one attached hydrogen (secondary N) is 1. The van der Waals surface area contributed by atoms with E-state index in [1.54, 1.807) is 0 Å². The van der Waals surface area contributed by atoms with Gasteiger partial charge in [-0.05, 0) is 66.9 Å². The summed E-state index contributed by atoms with van der Waals surface area (Å²) in [6.45, 7) is 4.90. The number of hydrogen-bond acceptors (Lipinski definition) is 4. The van der Waals surface area contributed by atoms with Gasteiger partial charge in [0.1, 0.15) is 0 Å². The summed E-state index contributed by atoms with van der Waals surface area (Å²) >= 11 is 0. The average molecular weight is 466 g/mol. The first kappa shape index (κ1) is 23.0. The predicted octanol–water partition coefficient (Wildman–Crippen LogP) is 4.41. The van der Waals surface area contributed by atoms with Gasteiger partial charge in [0.25, 0.3) is 0 Å². The van der Waals surface area contributed by atoms with Crippen LogP contribution < -0.4 is 11.1 Å². The second-order valence-electron chi connectivity index (χ2n) is 9.28. The maximum atomic E-state index is 12.6. The van der Waals surface area contributed by atoms with E-state index in [0.717, 1.165) is 59.7 Å². The molecule has 2 heterocycles. The van der Waals surface area contributed by atoms with Crippen LogP contribution in [0.4, 0.5) is 0 Å². The van der Waals surface area contributed by atoms with Gasteiger partial charge in [0, 0.05) is 48.7 Å². The summed E-state index contributed by atoms with van der Waals surface area (Å²) < 4.78 is 2.04. The van der Waals surface area contributed by atoms with Crippen molar-refractivity contribution < 1.29 is 4.79 Å². The minimum Gasteiger partial charge on any atom is -0.366 e. The molecule has 1 aliphatic rings. The number of imidazole rings is 1. The van der Waals surface area contributed by atoms with Gasteiger partial charge in [0.2, 0.25) is 5.91 Å². The smallest absolute Gasteiger partial charge is 0.249 e. The third-order valence-electron chi connectivity index (χ3n) is 6.78. The fourth-order valence-electron chi connectivity index (χ4n) is 5.02. The van der Waals surface area contributed by atoms with E-state index in [1.165, 1.54) is 5.56 Å². The average Bonchev–Trinajstić information content (AvgIpc) is 3.52. The zero-order valence-electron chi connectivity index (χ0n) is 20.2. The number of hydrogen-bond donors (Lipinski definition) is 2. The lowest BCUT2D eigenvalue weighted by atomic mass is 9.89. The lowest BCUT2D eigenvalue weighted by molar-refractivity contribution is 0.100. The van der Waals surface area contributed by atoms with E-state index in [0.29, 0.717) is 11.6 Å². The maximum absolute atomic E-state index is 12.6. The summed E-state index contributed by atoms with van der Waals surface area (Å²) in [6, 6.07) is 23.0. The van der Waals surface area contributed by atoms with Crippen LogP contribution in [0.3, 0.4) is 0 Å². The van der Waals surface area contributed by atoms with Gasteiger partial charge in [0.05, 0.1) is 12.0 Å². The Bertz CT molecular complexity index is 1340. The van der Waals surface area contributed by atoms with Crippen LogP contribution in [0.2, 0.25) is 0 Å². The van der Waals surface area contributed by atoms with Crippen molar-refractivity contribution in [2.75, 3.05) is 20.1 Å². The summed E-state index contributed by atoms with van der Waals surface area (Å²) in [4.78, 5) is 19.5. The van der Waals surface area contributed by atoms with Gasteiger partial charge in [0.15, 0.2) is 0 Å². The fraction of sp³-hybridized carbons (Fsp3) is 0.241. The Morgan fingerprint density at radius 2 is 1.91 bits per heavy atom. The van der Waals surface area contributed by atoms with E-state index in [2.05, 4.69) is 51.6 Å². The van der Waals surface area contributed by atoms with Crippen molar-refractivity contribution in [3.8, 4) is 27.9 Å². The van der Waals surface area contributed by atoms with E-state index >= 15 is 0 Å². The van der Waals surface area contributed by atoms with E-state index in [9.17, 15) is 4.79 Å². The summed E-state index contributed by atoms with van der Waals surface area (Å²) in [6.07, 6.45) is 5.00. The molecule has 0 saturated carbocycles. The number of aryl methyl sites for hydroxylation is 1. The van der Waals surface area contributed by atoms with Crippen LogP contribution in [0.5, 0.6) is 0 Å². The monoisotopic (exact) mass is 465 g/mol. The normalized spacial score (nSPS) is 16.0. The van der Waals surface area contributed by atoms with E-state index in [1.807, 2.05) is 61.4 Å². The molecule has 1 unspecified atom stereocenters. The minimum atomic E-state index is -0.431. The van der Waals surface area contributed by atoms with Crippen LogP contribution >= 0.6 is 0 Å². The third kappa shape index (κ3) is 4.90. The Balaban J connectivity index is 1.67. The molecule has 178 valence electrons. The molecule has 1 saturated heterocycles. The van der Waals surface area contributed by atoms with Crippen molar-refractivity contribution in [1.82, 2.24) is 19.8 Å². The van der Waals surface area contributed by atoms with Crippen molar-refractivity contribution in [1.29, 1.82) is 0 Å². The largest absolute Gasteiger partial charge is 0.366 e. The molecule has 1 aromatic heterocycles. The van der Waals surface area contributed by atoms with Gasteiger partial charge in [-0.2, -0.15) is 0 Å². The number of nitrogens with two attached hydrogens (primary N) is 1. The molecule has 4 aromatic rings. The number of likely N-dealkylation sites (tertiary alicyclic amines) is 1. The van der Waals surface area contributed by atoms with Crippen LogP contribution in [-0.2, 0) is 6.54 Å². The highest BCUT2D eigenvalue weighted by Crippen LogP contribution is 2.37. The number of amides is 1. The van der Waals surface area contributed by atoms with E-state index in [4.69, 9.17) is 5.73 Å².